The largest absolute Gasteiger partial charge is 0.508 e. The fourth-order valence-corrected chi connectivity index (χ4v) is 2.77. The van der Waals surface area contributed by atoms with E-state index in [0.717, 1.165) is 14.8 Å². The summed E-state index contributed by atoms with van der Waals surface area (Å²) in [6.45, 7) is 1.24. The predicted molar refractivity (Wildman–Crippen MR) is 73.0 cm³/mol. The van der Waals surface area contributed by atoms with Gasteiger partial charge in [0.2, 0.25) is 0 Å². The van der Waals surface area contributed by atoms with Crippen LogP contribution in [0.4, 0.5) is 0 Å². The lowest BCUT2D eigenvalue weighted by atomic mass is 10.2. The molecule has 2 aromatic rings. The van der Waals surface area contributed by atoms with Gasteiger partial charge in [-0.3, -0.25) is 0 Å². The molecule has 1 aromatic heterocycles. The first-order valence-corrected chi connectivity index (χ1v) is 6.65. The number of halogens is 2. The van der Waals surface area contributed by atoms with Crippen LogP contribution in [0, 0.1) is 0 Å². The van der Waals surface area contributed by atoms with Crippen LogP contribution in [0.3, 0.4) is 0 Å². The minimum absolute atomic E-state index is 0.217. The Morgan fingerprint density at radius 3 is 2.59 bits per heavy atom. The fourth-order valence-electron chi connectivity index (χ4n) is 1.48. The smallest absolute Gasteiger partial charge is 0.121 e. The van der Waals surface area contributed by atoms with Crippen molar-refractivity contribution in [3.63, 3.8) is 0 Å². The van der Waals surface area contributed by atoms with E-state index in [1.807, 2.05) is 12.1 Å². The normalized spacial score (nSPS) is 10.7. The standard InChI is InChI=1S/C12H11Cl2NOS/c13-10-2-1-3-11(16)9(10)7-15-6-8-4-5-12(14)17-8/h1-5,15-16H,6-7H2. The number of nitrogens with one attached hydrogen (secondary N) is 1. The molecular weight excluding hydrogens is 277 g/mol. The van der Waals surface area contributed by atoms with Crippen LogP contribution in [0.2, 0.25) is 9.36 Å². The lowest BCUT2D eigenvalue weighted by molar-refractivity contribution is 0.464. The van der Waals surface area contributed by atoms with Gasteiger partial charge >= 0.3 is 0 Å². The second kappa shape index (κ2) is 5.74. The van der Waals surface area contributed by atoms with E-state index < -0.39 is 0 Å². The number of phenols is 1. The average Bonchev–Trinajstić information content (AvgIpc) is 2.69. The van der Waals surface area contributed by atoms with E-state index in [1.165, 1.54) is 11.3 Å². The molecule has 2 nitrogen and oxygen atoms in total. The quantitative estimate of drug-likeness (QED) is 0.889. The van der Waals surface area contributed by atoms with Gasteiger partial charge in [0, 0.05) is 28.6 Å². The van der Waals surface area contributed by atoms with Gasteiger partial charge in [0.05, 0.1) is 4.34 Å². The van der Waals surface area contributed by atoms with E-state index >= 15 is 0 Å². The summed E-state index contributed by atoms with van der Waals surface area (Å²) in [4.78, 5) is 1.15. The number of benzene rings is 1. The molecule has 0 aliphatic rings. The molecule has 2 rings (SSSR count). The zero-order valence-corrected chi connectivity index (χ0v) is 11.2. The van der Waals surface area contributed by atoms with Gasteiger partial charge in [0.1, 0.15) is 5.75 Å². The molecule has 5 heteroatoms. The Labute approximate surface area is 114 Å². The van der Waals surface area contributed by atoms with Crippen LogP contribution in [-0.2, 0) is 13.1 Å². The van der Waals surface area contributed by atoms with Gasteiger partial charge < -0.3 is 10.4 Å². The third-order valence-electron chi connectivity index (χ3n) is 2.32. The molecule has 0 aliphatic carbocycles. The zero-order valence-electron chi connectivity index (χ0n) is 8.91. The highest BCUT2D eigenvalue weighted by Crippen LogP contribution is 2.25. The first kappa shape index (κ1) is 12.7. The summed E-state index contributed by atoms with van der Waals surface area (Å²) in [5.74, 6) is 0.217. The first-order chi connectivity index (χ1) is 8.16. The molecule has 17 heavy (non-hydrogen) atoms. The van der Waals surface area contributed by atoms with Gasteiger partial charge in [-0.1, -0.05) is 29.3 Å². The SMILES string of the molecule is Oc1cccc(Cl)c1CNCc1ccc(Cl)s1. The zero-order chi connectivity index (χ0) is 12.3. The monoisotopic (exact) mass is 287 g/mol. The van der Waals surface area contributed by atoms with Gasteiger partial charge in [0.25, 0.3) is 0 Å². The molecule has 0 spiro atoms. The summed E-state index contributed by atoms with van der Waals surface area (Å²) in [6, 6.07) is 8.97. The summed E-state index contributed by atoms with van der Waals surface area (Å²) in [5.41, 5.74) is 0.719. The maximum absolute atomic E-state index is 9.65. The Kier molecular flexibility index (Phi) is 4.29. The summed E-state index contributed by atoms with van der Waals surface area (Å²) < 4.78 is 0.780. The Morgan fingerprint density at radius 1 is 1.12 bits per heavy atom. The molecule has 0 radical (unpaired) electrons. The molecule has 0 amide bonds. The second-order valence-corrected chi connectivity index (χ2v) is 5.75. The maximum Gasteiger partial charge on any atom is 0.121 e. The van der Waals surface area contributed by atoms with Crippen LogP contribution >= 0.6 is 34.5 Å². The average molecular weight is 288 g/mol. The Morgan fingerprint density at radius 2 is 1.94 bits per heavy atom. The topological polar surface area (TPSA) is 32.3 Å². The van der Waals surface area contributed by atoms with Crippen molar-refractivity contribution in [2.24, 2.45) is 0 Å². The number of aromatic hydroxyl groups is 1. The summed E-state index contributed by atoms with van der Waals surface area (Å²) >= 11 is 13.4. The molecule has 0 saturated heterocycles. The minimum atomic E-state index is 0.217. The molecule has 1 aromatic carbocycles. The first-order valence-electron chi connectivity index (χ1n) is 5.08. The van der Waals surface area contributed by atoms with Crippen LogP contribution in [-0.4, -0.2) is 5.11 Å². The number of phenolic OH excluding ortho intramolecular Hbond substituents is 1. The van der Waals surface area contributed by atoms with Gasteiger partial charge in [-0.05, 0) is 24.3 Å². The van der Waals surface area contributed by atoms with Crippen molar-refractivity contribution in [3.05, 3.63) is 50.1 Å². The number of thiophene rings is 1. The molecule has 0 fully saturated rings. The molecule has 2 N–H and O–H groups in total. The molecule has 0 unspecified atom stereocenters. The molecule has 0 atom stereocenters. The van der Waals surface area contributed by atoms with E-state index in [9.17, 15) is 5.11 Å². The van der Waals surface area contributed by atoms with Crippen molar-refractivity contribution in [2.75, 3.05) is 0 Å². The molecule has 1 heterocycles. The highest BCUT2D eigenvalue weighted by atomic mass is 35.5. The fraction of sp³-hybridized carbons (Fsp3) is 0.167. The Hall–Kier alpha value is -0.740. The number of rotatable bonds is 4. The Balaban J connectivity index is 1.94. The summed E-state index contributed by atoms with van der Waals surface area (Å²) in [7, 11) is 0. The van der Waals surface area contributed by atoms with E-state index in [4.69, 9.17) is 23.2 Å². The van der Waals surface area contributed by atoms with E-state index in [-0.39, 0.29) is 5.75 Å². The molecule has 0 bridgehead atoms. The summed E-state index contributed by atoms with van der Waals surface area (Å²) in [6.07, 6.45) is 0. The Bertz CT molecular complexity index is 493. The van der Waals surface area contributed by atoms with Crippen LogP contribution in [0.15, 0.2) is 30.3 Å². The lowest BCUT2D eigenvalue weighted by Gasteiger charge is -2.07. The van der Waals surface area contributed by atoms with Gasteiger partial charge in [-0.2, -0.15) is 0 Å². The van der Waals surface area contributed by atoms with Crippen molar-refractivity contribution >= 4 is 34.5 Å². The molecule has 0 aliphatic heterocycles. The van der Waals surface area contributed by atoms with Crippen LogP contribution in [0.1, 0.15) is 10.4 Å². The lowest BCUT2D eigenvalue weighted by Crippen LogP contribution is -2.12. The number of hydrogen-bond acceptors (Lipinski definition) is 3. The molecule has 90 valence electrons. The van der Waals surface area contributed by atoms with Crippen molar-refractivity contribution in [1.29, 1.82) is 0 Å². The highest BCUT2D eigenvalue weighted by Gasteiger charge is 2.05. The van der Waals surface area contributed by atoms with E-state index in [1.54, 1.807) is 18.2 Å². The van der Waals surface area contributed by atoms with E-state index in [0.29, 0.717) is 18.1 Å². The molecular formula is C12H11Cl2NOS. The van der Waals surface area contributed by atoms with Crippen molar-refractivity contribution in [2.45, 2.75) is 13.1 Å². The predicted octanol–water partition coefficient (Wildman–Crippen LogP) is 4.05. The minimum Gasteiger partial charge on any atom is -0.508 e. The van der Waals surface area contributed by atoms with E-state index in [2.05, 4.69) is 5.32 Å². The number of hydrogen-bond donors (Lipinski definition) is 2. The van der Waals surface area contributed by atoms with Crippen molar-refractivity contribution in [1.82, 2.24) is 5.32 Å². The van der Waals surface area contributed by atoms with Crippen molar-refractivity contribution in [3.8, 4) is 5.75 Å². The third kappa shape index (κ3) is 3.36. The summed E-state index contributed by atoms with van der Waals surface area (Å²) in [5, 5.41) is 13.4. The molecule has 0 saturated carbocycles. The van der Waals surface area contributed by atoms with Gasteiger partial charge in [-0.15, -0.1) is 11.3 Å². The van der Waals surface area contributed by atoms with Crippen LogP contribution in [0.5, 0.6) is 5.75 Å². The van der Waals surface area contributed by atoms with Crippen molar-refractivity contribution < 1.29 is 5.11 Å². The van der Waals surface area contributed by atoms with Crippen LogP contribution in [0.25, 0.3) is 0 Å². The van der Waals surface area contributed by atoms with Gasteiger partial charge in [-0.25, -0.2) is 0 Å². The third-order valence-corrected chi connectivity index (χ3v) is 3.91. The second-order valence-electron chi connectivity index (χ2n) is 3.55. The van der Waals surface area contributed by atoms with Gasteiger partial charge in [0.15, 0.2) is 0 Å². The highest BCUT2D eigenvalue weighted by molar-refractivity contribution is 7.16. The van der Waals surface area contributed by atoms with Crippen LogP contribution < -0.4 is 5.32 Å². The maximum atomic E-state index is 9.65.